The molecule has 0 aliphatic carbocycles. The number of thioether (sulfide) groups is 1. The van der Waals surface area contributed by atoms with Crippen molar-refractivity contribution in [2.75, 3.05) is 5.32 Å². The summed E-state index contributed by atoms with van der Waals surface area (Å²) in [6.07, 6.45) is 0. The van der Waals surface area contributed by atoms with E-state index < -0.39 is 27.7 Å². The maximum Gasteiger partial charge on any atom is 0.269 e. The van der Waals surface area contributed by atoms with Crippen LogP contribution in [0.1, 0.15) is 6.92 Å². The summed E-state index contributed by atoms with van der Waals surface area (Å²) >= 11 is 0.952. The average Bonchev–Trinajstić information content (AvgIpc) is 2.50. The monoisotopic (exact) mass is 338 g/mol. The molecule has 1 N–H and O–H groups in total. The molecule has 1 amide bonds. The number of nitrogens with one attached hydrogen (secondary N) is 1. The Hall–Kier alpha value is -2.48. The van der Waals surface area contributed by atoms with Crippen molar-refractivity contribution < 1.29 is 18.5 Å². The summed E-state index contributed by atoms with van der Waals surface area (Å²) in [5.74, 6) is -1.81. The molecule has 2 aromatic carbocycles. The fourth-order valence-electron chi connectivity index (χ4n) is 1.73. The Morgan fingerprint density at radius 3 is 2.43 bits per heavy atom. The Morgan fingerprint density at radius 2 is 1.87 bits per heavy atom. The van der Waals surface area contributed by atoms with Gasteiger partial charge in [0, 0.05) is 28.8 Å². The number of nitro benzene ring substituents is 1. The minimum Gasteiger partial charge on any atom is -0.325 e. The van der Waals surface area contributed by atoms with Crippen LogP contribution in [0, 0.1) is 21.7 Å². The zero-order chi connectivity index (χ0) is 17.0. The number of rotatable bonds is 5. The number of benzene rings is 2. The van der Waals surface area contributed by atoms with E-state index in [9.17, 15) is 23.7 Å². The maximum atomic E-state index is 13.6. The number of non-ortho nitro benzene ring substituents is 1. The number of anilines is 1. The number of carbonyl (C=O) groups is 1. The van der Waals surface area contributed by atoms with Crippen LogP contribution in [0.15, 0.2) is 47.4 Å². The lowest BCUT2D eigenvalue weighted by molar-refractivity contribution is -0.384. The third-order valence-corrected chi connectivity index (χ3v) is 4.07. The molecule has 2 aromatic rings. The van der Waals surface area contributed by atoms with Crippen LogP contribution in [0.3, 0.4) is 0 Å². The van der Waals surface area contributed by atoms with Crippen LogP contribution in [0.4, 0.5) is 20.2 Å². The predicted octanol–water partition coefficient (Wildman–Crippen LogP) is 3.99. The summed E-state index contributed by atoms with van der Waals surface area (Å²) in [4.78, 5) is 22.2. The first kappa shape index (κ1) is 16.9. The van der Waals surface area contributed by atoms with Crippen molar-refractivity contribution in [2.45, 2.75) is 17.1 Å². The summed E-state index contributed by atoms with van der Waals surface area (Å²) in [6, 6.07) is 8.50. The quantitative estimate of drug-likeness (QED) is 0.508. The van der Waals surface area contributed by atoms with Gasteiger partial charge in [0.1, 0.15) is 11.6 Å². The van der Waals surface area contributed by atoms with E-state index in [-0.39, 0.29) is 10.6 Å². The van der Waals surface area contributed by atoms with E-state index in [0.29, 0.717) is 5.69 Å². The molecule has 0 aromatic heterocycles. The number of hydrogen-bond donors (Lipinski definition) is 1. The van der Waals surface area contributed by atoms with Gasteiger partial charge in [0.05, 0.1) is 10.2 Å². The van der Waals surface area contributed by atoms with Gasteiger partial charge < -0.3 is 5.32 Å². The topological polar surface area (TPSA) is 72.2 Å². The summed E-state index contributed by atoms with van der Waals surface area (Å²) < 4.78 is 26.4. The molecule has 1 atom stereocenters. The first-order valence-electron chi connectivity index (χ1n) is 6.54. The van der Waals surface area contributed by atoms with Crippen LogP contribution >= 0.6 is 11.8 Å². The van der Waals surface area contributed by atoms with Crippen LogP contribution in [0.5, 0.6) is 0 Å². The summed E-state index contributed by atoms with van der Waals surface area (Å²) in [5.41, 5.74) is 0.312. The summed E-state index contributed by atoms with van der Waals surface area (Å²) in [7, 11) is 0. The van der Waals surface area contributed by atoms with E-state index in [1.807, 2.05) is 0 Å². The van der Waals surface area contributed by atoms with E-state index >= 15 is 0 Å². The van der Waals surface area contributed by atoms with Gasteiger partial charge >= 0.3 is 0 Å². The van der Waals surface area contributed by atoms with Crippen molar-refractivity contribution >= 4 is 29.0 Å². The molecule has 2 rings (SSSR count). The second-order valence-corrected chi connectivity index (χ2v) is 6.01. The van der Waals surface area contributed by atoms with E-state index in [1.54, 1.807) is 6.92 Å². The molecule has 0 radical (unpaired) electrons. The maximum absolute atomic E-state index is 13.6. The normalized spacial score (nSPS) is 11.8. The molecule has 8 heteroatoms. The zero-order valence-corrected chi connectivity index (χ0v) is 12.8. The molecular weight excluding hydrogens is 326 g/mol. The SMILES string of the molecule is CC(Sc1ccc(F)cc1F)C(=O)Nc1ccc([N+](=O)[O-])cc1. The van der Waals surface area contributed by atoms with Gasteiger partial charge in [-0.2, -0.15) is 0 Å². The molecule has 1 unspecified atom stereocenters. The highest BCUT2D eigenvalue weighted by molar-refractivity contribution is 8.00. The van der Waals surface area contributed by atoms with Gasteiger partial charge in [0.2, 0.25) is 5.91 Å². The molecule has 120 valence electrons. The molecule has 0 saturated carbocycles. The van der Waals surface area contributed by atoms with Crippen LogP contribution in [-0.2, 0) is 4.79 Å². The van der Waals surface area contributed by atoms with E-state index in [2.05, 4.69) is 5.32 Å². The number of carbonyl (C=O) groups excluding carboxylic acids is 1. The van der Waals surface area contributed by atoms with Gasteiger partial charge in [-0.25, -0.2) is 8.78 Å². The molecule has 0 heterocycles. The molecule has 0 aliphatic heterocycles. The van der Waals surface area contributed by atoms with Gasteiger partial charge in [-0.3, -0.25) is 14.9 Å². The third kappa shape index (κ3) is 4.49. The number of amides is 1. The lowest BCUT2D eigenvalue weighted by Crippen LogP contribution is -2.22. The Labute approximate surface area is 134 Å². The van der Waals surface area contributed by atoms with Crippen LogP contribution in [0.25, 0.3) is 0 Å². The zero-order valence-electron chi connectivity index (χ0n) is 12.0. The van der Waals surface area contributed by atoms with Crippen molar-refractivity contribution in [3.63, 3.8) is 0 Å². The molecule has 23 heavy (non-hydrogen) atoms. The van der Waals surface area contributed by atoms with Gasteiger partial charge in [-0.1, -0.05) is 0 Å². The fourth-order valence-corrected chi connectivity index (χ4v) is 2.59. The van der Waals surface area contributed by atoms with Crippen LogP contribution in [0.2, 0.25) is 0 Å². The Kier molecular flexibility index (Phi) is 5.28. The van der Waals surface area contributed by atoms with Crippen molar-refractivity contribution in [1.29, 1.82) is 0 Å². The molecule has 0 bridgehead atoms. The van der Waals surface area contributed by atoms with Gasteiger partial charge in [-0.05, 0) is 31.2 Å². The van der Waals surface area contributed by atoms with Gasteiger partial charge in [-0.15, -0.1) is 11.8 Å². The smallest absolute Gasteiger partial charge is 0.269 e. The van der Waals surface area contributed by atoms with Crippen molar-refractivity contribution in [1.82, 2.24) is 0 Å². The van der Waals surface area contributed by atoms with Crippen molar-refractivity contribution in [2.24, 2.45) is 0 Å². The van der Waals surface area contributed by atoms with Crippen LogP contribution < -0.4 is 5.32 Å². The number of nitrogens with zero attached hydrogens (tertiary/aromatic N) is 1. The predicted molar refractivity (Wildman–Crippen MR) is 83.4 cm³/mol. The minimum absolute atomic E-state index is 0.0844. The first-order chi connectivity index (χ1) is 10.9. The van der Waals surface area contributed by atoms with Gasteiger partial charge in [0.15, 0.2) is 0 Å². The van der Waals surface area contributed by atoms with Crippen LogP contribution in [-0.4, -0.2) is 16.1 Å². The standard InChI is InChI=1S/C15H12F2N2O3S/c1-9(23-14-7-2-10(16)8-13(14)17)15(20)18-11-3-5-12(6-4-11)19(21)22/h2-9H,1H3,(H,18,20). The minimum atomic E-state index is -0.731. The molecule has 0 spiro atoms. The summed E-state index contributed by atoms with van der Waals surface area (Å²) in [6.45, 7) is 1.58. The number of hydrogen-bond acceptors (Lipinski definition) is 4. The Balaban J connectivity index is 2.00. The molecule has 0 fully saturated rings. The van der Waals surface area contributed by atoms with E-state index in [0.717, 1.165) is 23.9 Å². The van der Waals surface area contributed by atoms with E-state index in [4.69, 9.17) is 0 Å². The summed E-state index contributed by atoms with van der Waals surface area (Å²) in [5, 5.41) is 12.5. The first-order valence-corrected chi connectivity index (χ1v) is 7.42. The lowest BCUT2D eigenvalue weighted by atomic mass is 10.3. The van der Waals surface area contributed by atoms with Crippen molar-refractivity contribution in [3.05, 3.63) is 64.2 Å². The number of nitro groups is 1. The molecular formula is C15H12F2N2O3S. The molecule has 0 aliphatic rings. The average molecular weight is 338 g/mol. The largest absolute Gasteiger partial charge is 0.325 e. The second-order valence-electron chi connectivity index (χ2n) is 4.63. The lowest BCUT2D eigenvalue weighted by Gasteiger charge is -2.12. The highest BCUT2D eigenvalue weighted by atomic mass is 32.2. The molecule has 5 nitrogen and oxygen atoms in total. The third-order valence-electron chi connectivity index (χ3n) is 2.91. The highest BCUT2D eigenvalue weighted by Crippen LogP contribution is 2.27. The van der Waals surface area contributed by atoms with E-state index in [1.165, 1.54) is 30.3 Å². The van der Waals surface area contributed by atoms with Gasteiger partial charge in [0.25, 0.3) is 5.69 Å². The highest BCUT2D eigenvalue weighted by Gasteiger charge is 2.17. The Morgan fingerprint density at radius 1 is 1.22 bits per heavy atom. The molecule has 0 saturated heterocycles. The van der Waals surface area contributed by atoms with Crippen molar-refractivity contribution in [3.8, 4) is 0 Å². The number of halogens is 2. The fraction of sp³-hybridized carbons (Fsp3) is 0.133. The Bertz CT molecular complexity index is 738. The second kappa shape index (κ2) is 7.19.